The first-order valence-electron chi connectivity index (χ1n) is 7.02. The minimum Gasteiger partial charge on any atom is -0.407 e. The molecule has 0 N–H and O–H groups in total. The highest BCUT2D eigenvalue weighted by Gasteiger charge is 2.41. The Kier molecular flexibility index (Phi) is 4.63. The van der Waals surface area contributed by atoms with Crippen LogP contribution in [0, 0.1) is 5.92 Å². The molecule has 1 aliphatic rings. The van der Waals surface area contributed by atoms with Crippen molar-refractivity contribution in [2.24, 2.45) is 5.92 Å². The Hall–Kier alpha value is -0.673. The van der Waals surface area contributed by atoms with Crippen molar-refractivity contribution in [2.75, 3.05) is 0 Å². The summed E-state index contributed by atoms with van der Waals surface area (Å²) in [7, 11) is -1.86. The van der Waals surface area contributed by atoms with Gasteiger partial charge in [0.2, 0.25) is 0 Å². The van der Waals surface area contributed by atoms with Gasteiger partial charge in [0.1, 0.15) is 6.29 Å². The van der Waals surface area contributed by atoms with Gasteiger partial charge in [-0.2, -0.15) is 0 Å². The summed E-state index contributed by atoms with van der Waals surface area (Å²) in [5.74, 6) is 0.318. The topological polar surface area (TPSA) is 26.3 Å². The van der Waals surface area contributed by atoms with E-state index >= 15 is 0 Å². The second-order valence-corrected chi connectivity index (χ2v) is 12.0. The number of aldehydes is 1. The predicted molar refractivity (Wildman–Crippen MR) is 83.8 cm³/mol. The lowest BCUT2D eigenvalue weighted by Gasteiger charge is -2.42. The molecule has 3 heteroatoms. The Labute approximate surface area is 119 Å². The van der Waals surface area contributed by atoms with Gasteiger partial charge in [-0.3, -0.25) is 4.79 Å². The van der Waals surface area contributed by atoms with Gasteiger partial charge in [0.05, 0.1) is 6.10 Å². The van der Waals surface area contributed by atoms with Crippen LogP contribution in [0.1, 0.15) is 41.0 Å². The minimum absolute atomic E-state index is 0.0789. The monoisotopic (exact) mass is 280 g/mol. The molecule has 1 aliphatic carbocycles. The number of hydrogen-bond acceptors (Lipinski definition) is 2. The molecule has 0 spiro atoms. The van der Waals surface area contributed by atoms with E-state index in [0.29, 0.717) is 5.92 Å². The van der Waals surface area contributed by atoms with Gasteiger partial charge in [0, 0.05) is 0 Å². The molecule has 1 rings (SSSR count). The van der Waals surface area contributed by atoms with Crippen LogP contribution >= 0.6 is 0 Å². The molecular formula is C16H28O2Si. The molecule has 19 heavy (non-hydrogen) atoms. The van der Waals surface area contributed by atoms with E-state index in [-0.39, 0.29) is 11.1 Å². The maximum atomic E-state index is 11.2. The number of rotatable bonds is 3. The highest BCUT2D eigenvalue weighted by Crippen LogP contribution is 2.42. The number of carbonyl (C=O) groups is 1. The smallest absolute Gasteiger partial charge is 0.193 e. The van der Waals surface area contributed by atoms with Gasteiger partial charge in [-0.1, -0.05) is 34.3 Å². The Morgan fingerprint density at radius 2 is 1.89 bits per heavy atom. The van der Waals surface area contributed by atoms with Gasteiger partial charge < -0.3 is 4.43 Å². The van der Waals surface area contributed by atoms with Crippen molar-refractivity contribution in [2.45, 2.75) is 65.3 Å². The van der Waals surface area contributed by atoms with Gasteiger partial charge in [0.25, 0.3) is 0 Å². The van der Waals surface area contributed by atoms with E-state index in [9.17, 15) is 4.79 Å². The standard InChI is InChI=1S/C16H28O2Si/c1-11-9-14(10-17)13(3)15(12(11)2)18-19(7,8)16(4,5)6/h10-11,15H,2,9H2,1,3-8H3/t11-,15+/m1/s1. The largest absolute Gasteiger partial charge is 0.407 e. The van der Waals surface area contributed by atoms with E-state index in [2.05, 4.69) is 47.4 Å². The third-order valence-corrected chi connectivity index (χ3v) is 9.19. The van der Waals surface area contributed by atoms with E-state index in [1.165, 1.54) is 0 Å². The Bertz CT molecular complexity index is 413. The quantitative estimate of drug-likeness (QED) is 0.432. The van der Waals surface area contributed by atoms with E-state index in [4.69, 9.17) is 4.43 Å². The minimum atomic E-state index is -1.86. The lowest BCUT2D eigenvalue weighted by atomic mass is 9.81. The summed E-state index contributed by atoms with van der Waals surface area (Å²) in [4.78, 5) is 11.2. The molecule has 0 unspecified atom stereocenters. The first kappa shape index (κ1) is 16.4. The summed E-state index contributed by atoms with van der Waals surface area (Å²) < 4.78 is 6.49. The molecule has 0 fully saturated rings. The van der Waals surface area contributed by atoms with Crippen molar-refractivity contribution in [3.05, 3.63) is 23.3 Å². The molecular weight excluding hydrogens is 252 g/mol. The fraction of sp³-hybridized carbons (Fsp3) is 0.688. The Morgan fingerprint density at radius 3 is 2.32 bits per heavy atom. The molecule has 0 amide bonds. The maximum absolute atomic E-state index is 11.2. The number of hydrogen-bond donors (Lipinski definition) is 0. The molecule has 0 radical (unpaired) electrons. The van der Waals surface area contributed by atoms with Gasteiger partial charge in [0.15, 0.2) is 8.32 Å². The molecule has 2 atom stereocenters. The Balaban J connectivity index is 3.10. The maximum Gasteiger partial charge on any atom is 0.193 e. The summed E-state index contributed by atoms with van der Waals surface area (Å²) in [6.07, 6.45) is 1.70. The molecule has 0 aromatic heterocycles. The molecule has 0 aromatic carbocycles. The molecule has 2 nitrogen and oxygen atoms in total. The van der Waals surface area contributed by atoms with Crippen molar-refractivity contribution in [1.29, 1.82) is 0 Å². The van der Waals surface area contributed by atoms with E-state index in [1.807, 2.05) is 6.92 Å². The van der Waals surface area contributed by atoms with Gasteiger partial charge in [-0.15, -0.1) is 0 Å². The normalized spacial score (nSPS) is 25.7. The summed E-state index contributed by atoms with van der Waals surface area (Å²) in [6.45, 7) is 19.5. The van der Waals surface area contributed by atoms with Crippen LogP contribution in [0.4, 0.5) is 0 Å². The molecule has 0 bridgehead atoms. The van der Waals surface area contributed by atoms with Crippen LogP contribution in [0.15, 0.2) is 23.3 Å². The first-order chi connectivity index (χ1) is 8.51. The van der Waals surface area contributed by atoms with E-state index in [0.717, 1.165) is 29.4 Å². The predicted octanol–water partition coefficient (Wildman–Crippen LogP) is 4.49. The molecule has 0 saturated carbocycles. The van der Waals surface area contributed by atoms with Crippen molar-refractivity contribution in [3.63, 3.8) is 0 Å². The Morgan fingerprint density at radius 1 is 1.37 bits per heavy atom. The van der Waals surface area contributed by atoms with Gasteiger partial charge >= 0.3 is 0 Å². The second-order valence-electron chi connectivity index (χ2n) is 7.26. The van der Waals surface area contributed by atoms with Crippen LogP contribution in [0.25, 0.3) is 0 Å². The van der Waals surface area contributed by atoms with Gasteiger partial charge in [-0.25, -0.2) is 0 Å². The highest BCUT2D eigenvalue weighted by molar-refractivity contribution is 6.74. The summed E-state index contributed by atoms with van der Waals surface area (Å²) in [6, 6.07) is 0. The van der Waals surface area contributed by atoms with Crippen molar-refractivity contribution < 1.29 is 9.22 Å². The zero-order valence-corrected chi connectivity index (χ0v) is 14.5. The van der Waals surface area contributed by atoms with E-state index < -0.39 is 8.32 Å². The summed E-state index contributed by atoms with van der Waals surface area (Å²) >= 11 is 0. The average Bonchev–Trinajstić information content (AvgIpc) is 2.27. The van der Waals surface area contributed by atoms with Crippen molar-refractivity contribution in [3.8, 4) is 0 Å². The van der Waals surface area contributed by atoms with Crippen LogP contribution in [0.5, 0.6) is 0 Å². The second kappa shape index (κ2) is 5.37. The molecule has 0 heterocycles. The zero-order valence-electron chi connectivity index (χ0n) is 13.5. The zero-order chi connectivity index (χ0) is 15.0. The molecule has 0 aliphatic heterocycles. The first-order valence-corrected chi connectivity index (χ1v) is 9.93. The lowest BCUT2D eigenvalue weighted by Crippen LogP contribution is -2.46. The van der Waals surface area contributed by atoms with Crippen LogP contribution in [-0.2, 0) is 9.22 Å². The summed E-state index contributed by atoms with van der Waals surface area (Å²) in [5, 5.41) is 0.162. The van der Waals surface area contributed by atoms with Gasteiger partial charge in [-0.05, 0) is 54.1 Å². The van der Waals surface area contributed by atoms with Crippen LogP contribution in [0.2, 0.25) is 18.1 Å². The summed E-state index contributed by atoms with van der Waals surface area (Å²) in [5.41, 5.74) is 3.07. The highest BCUT2D eigenvalue weighted by atomic mass is 28.4. The lowest BCUT2D eigenvalue weighted by molar-refractivity contribution is -0.105. The van der Waals surface area contributed by atoms with E-state index in [1.54, 1.807) is 0 Å². The molecule has 108 valence electrons. The fourth-order valence-corrected chi connectivity index (χ4v) is 3.37. The van der Waals surface area contributed by atoms with Crippen molar-refractivity contribution >= 4 is 14.6 Å². The van der Waals surface area contributed by atoms with Crippen LogP contribution in [-0.4, -0.2) is 20.7 Å². The average molecular weight is 280 g/mol. The third-order valence-electron chi connectivity index (χ3n) is 4.76. The third kappa shape index (κ3) is 3.26. The molecule has 0 aromatic rings. The number of carbonyl (C=O) groups excluding carboxylic acids is 1. The van der Waals surface area contributed by atoms with Crippen LogP contribution < -0.4 is 0 Å². The van der Waals surface area contributed by atoms with Crippen molar-refractivity contribution in [1.82, 2.24) is 0 Å². The SMILES string of the molecule is C=C1[C@H](O[Si](C)(C)C(C)(C)C)C(C)=C(C=O)C[C@H]1C. The number of allylic oxidation sites excluding steroid dienone is 1. The fourth-order valence-electron chi connectivity index (χ4n) is 2.10. The van der Waals surface area contributed by atoms with Crippen LogP contribution in [0.3, 0.4) is 0 Å². The molecule has 0 saturated heterocycles.